The average Bonchev–Trinajstić information content (AvgIpc) is 3.33. The van der Waals surface area contributed by atoms with Crippen LogP contribution in [0.5, 0.6) is 11.5 Å². The molecule has 0 spiro atoms. The van der Waals surface area contributed by atoms with Crippen LogP contribution in [0.3, 0.4) is 0 Å². The van der Waals surface area contributed by atoms with Gasteiger partial charge in [-0.2, -0.15) is 0 Å². The van der Waals surface area contributed by atoms with Crippen molar-refractivity contribution in [1.82, 2.24) is 4.57 Å². The highest BCUT2D eigenvalue weighted by molar-refractivity contribution is 6.25. The highest BCUT2D eigenvalue weighted by Gasteiger charge is 2.23. The Morgan fingerprint density at radius 1 is 0.318 bits per heavy atom. The number of ether oxygens (including phenoxy) is 1. The second kappa shape index (κ2) is 8.82. The summed E-state index contributed by atoms with van der Waals surface area (Å²) in [6, 6.07) is 54.8. The lowest BCUT2D eigenvalue weighted by molar-refractivity contribution is 0.488. The lowest BCUT2D eigenvalue weighted by Gasteiger charge is -2.15. The fraction of sp³-hybridized carbons (Fsp3) is 0. The zero-order chi connectivity index (χ0) is 28.8. The van der Waals surface area contributed by atoms with Crippen LogP contribution < -0.4 is 4.74 Å². The van der Waals surface area contributed by atoms with Crippen molar-refractivity contribution in [3.8, 4) is 39.4 Å². The molecule has 0 unspecified atom stereocenters. The van der Waals surface area contributed by atoms with Gasteiger partial charge in [0.1, 0.15) is 11.5 Å². The van der Waals surface area contributed by atoms with Crippen LogP contribution in [0.2, 0.25) is 0 Å². The normalized spacial score (nSPS) is 12.3. The highest BCUT2D eigenvalue weighted by atomic mass is 16.5. The Labute approximate surface area is 254 Å². The molecule has 8 aromatic carbocycles. The van der Waals surface area contributed by atoms with Crippen LogP contribution in [-0.2, 0) is 0 Å². The first-order valence-electron chi connectivity index (χ1n) is 15.1. The van der Waals surface area contributed by atoms with Gasteiger partial charge in [0.25, 0.3) is 0 Å². The standard InChI is InChI=1S/C42H25NO/c1-2-13-29-27(11-1)28-12-3-5-15-31(28)36-23-26(21-22-33(29)36)43-39-19-9-7-17-34(39)37-25-42-38(24-40(37)43)32-16-6-4-14-30(32)35-18-8-10-20-41(35)44-42/h1-25H. The summed E-state index contributed by atoms with van der Waals surface area (Å²) in [5.41, 5.74) is 8.08. The molecule has 0 atom stereocenters. The minimum absolute atomic E-state index is 0.883. The molecule has 2 nitrogen and oxygen atoms in total. The molecule has 0 aliphatic carbocycles. The lowest BCUT2D eigenvalue weighted by atomic mass is 9.94. The van der Waals surface area contributed by atoms with E-state index in [1.807, 2.05) is 6.07 Å². The zero-order valence-corrected chi connectivity index (χ0v) is 23.8. The number of hydrogen-bond acceptors (Lipinski definition) is 1. The second-order valence-corrected chi connectivity index (χ2v) is 11.7. The van der Waals surface area contributed by atoms with E-state index in [0.717, 1.165) is 28.3 Å². The van der Waals surface area contributed by atoms with Crippen LogP contribution >= 0.6 is 0 Å². The molecule has 0 saturated carbocycles. The Balaban J connectivity index is 1.31. The number of para-hydroxylation sites is 2. The number of rotatable bonds is 1. The quantitative estimate of drug-likeness (QED) is 0.182. The lowest BCUT2D eigenvalue weighted by Crippen LogP contribution is -1.95. The van der Waals surface area contributed by atoms with Crippen LogP contribution in [0, 0.1) is 0 Å². The minimum Gasteiger partial charge on any atom is -0.456 e. The molecule has 0 bridgehead atoms. The van der Waals surface area contributed by atoms with Crippen LogP contribution in [0.4, 0.5) is 0 Å². The van der Waals surface area contributed by atoms with Gasteiger partial charge in [-0.1, -0.05) is 115 Å². The molecule has 0 amide bonds. The third-order valence-corrected chi connectivity index (χ3v) is 9.37. The minimum atomic E-state index is 0.883. The van der Waals surface area contributed by atoms with E-state index >= 15 is 0 Å². The summed E-state index contributed by atoms with van der Waals surface area (Å²) in [5.74, 6) is 1.77. The fourth-order valence-corrected chi connectivity index (χ4v) is 7.45. The van der Waals surface area contributed by atoms with E-state index in [0.29, 0.717) is 0 Å². The molecule has 10 rings (SSSR count). The van der Waals surface area contributed by atoms with Crippen molar-refractivity contribution >= 4 is 54.1 Å². The zero-order valence-electron chi connectivity index (χ0n) is 23.8. The molecule has 1 aliphatic rings. The first kappa shape index (κ1) is 23.7. The summed E-state index contributed by atoms with van der Waals surface area (Å²) < 4.78 is 9.12. The maximum Gasteiger partial charge on any atom is 0.136 e. The van der Waals surface area contributed by atoms with E-state index < -0.39 is 0 Å². The summed E-state index contributed by atoms with van der Waals surface area (Å²) in [6.45, 7) is 0. The number of benzene rings is 8. The monoisotopic (exact) mass is 559 g/mol. The Morgan fingerprint density at radius 2 is 0.864 bits per heavy atom. The van der Waals surface area contributed by atoms with E-state index in [4.69, 9.17) is 4.74 Å². The van der Waals surface area contributed by atoms with Crippen LogP contribution in [0.1, 0.15) is 0 Å². The van der Waals surface area contributed by atoms with Crippen molar-refractivity contribution in [2.45, 2.75) is 0 Å². The van der Waals surface area contributed by atoms with Crippen molar-refractivity contribution in [2.24, 2.45) is 0 Å². The number of fused-ring (bicyclic) bond motifs is 14. The van der Waals surface area contributed by atoms with E-state index in [-0.39, 0.29) is 0 Å². The highest BCUT2D eigenvalue weighted by Crippen LogP contribution is 2.49. The maximum absolute atomic E-state index is 6.69. The summed E-state index contributed by atoms with van der Waals surface area (Å²) >= 11 is 0. The maximum atomic E-state index is 6.69. The van der Waals surface area contributed by atoms with E-state index in [2.05, 4.69) is 150 Å². The van der Waals surface area contributed by atoms with Gasteiger partial charge in [0.2, 0.25) is 0 Å². The fourth-order valence-electron chi connectivity index (χ4n) is 7.45. The third kappa shape index (κ3) is 3.20. The smallest absolute Gasteiger partial charge is 0.136 e. The average molecular weight is 560 g/mol. The number of hydrogen-bond donors (Lipinski definition) is 0. The molecule has 2 heteroatoms. The molecule has 44 heavy (non-hydrogen) atoms. The predicted octanol–water partition coefficient (Wildman–Crippen LogP) is 11.7. The molecular weight excluding hydrogens is 534 g/mol. The molecule has 0 saturated heterocycles. The molecule has 1 aromatic heterocycles. The van der Waals surface area contributed by atoms with Crippen molar-refractivity contribution in [2.75, 3.05) is 0 Å². The van der Waals surface area contributed by atoms with Gasteiger partial charge in [-0.3, -0.25) is 0 Å². The van der Waals surface area contributed by atoms with Gasteiger partial charge in [-0.15, -0.1) is 0 Å². The van der Waals surface area contributed by atoms with Crippen LogP contribution in [0.25, 0.3) is 82.1 Å². The Kier molecular flexibility index (Phi) is 4.75. The topological polar surface area (TPSA) is 14.2 Å². The van der Waals surface area contributed by atoms with E-state index in [1.165, 1.54) is 65.3 Å². The van der Waals surface area contributed by atoms with E-state index in [9.17, 15) is 0 Å². The third-order valence-electron chi connectivity index (χ3n) is 9.37. The summed E-state index contributed by atoms with van der Waals surface area (Å²) in [5, 5.41) is 10.1. The van der Waals surface area contributed by atoms with E-state index in [1.54, 1.807) is 0 Å². The van der Waals surface area contributed by atoms with Gasteiger partial charge < -0.3 is 9.30 Å². The Bertz CT molecular complexity index is 2610. The molecule has 0 radical (unpaired) electrons. The molecular formula is C42H25NO. The summed E-state index contributed by atoms with van der Waals surface area (Å²) in [7, 11) is 0. The Hall–Kier alpha value is -5.86. The molecule has 1 aliphatic heterocycles. The molecule has 9 aromatic rings. The molecule has 0 N–H and O–H groups in total. The summed E-state index contributed by atoms with van der Waals surface area (Å²) in [6.07, 6.45) is 0. The van der Waals surface area contributed by atoms with Gasteiger partial charge in [-0.05, 0) is 79.8 Å². The van der Waals surface area contributed by atoms with Gasteiger partial charge in [-0.25, -0.2) is 0 Å². The molecule has 2 heterocycles. The van der Waals surface area contributed by atoms with Gasteiger partial charge >= 0.3 is 0 Å². The summed E-state index contributed by atoms with van der Waals surface area (Å²) in [4.78, 5) is 0. The number of nitrogens with zero attached hydrogens (tertiary/aromatic N) is 1. The largest absolute Gasteiger partial charge is 0.456 e. The van der Waals surface area contributed by atoms with Crippen molar-refractivity contribution < 1.29 is 4.74 Å². The van der Waals surface area contributed by atoms with Gasteiger partial charge in [0.05, 0.1) is 11.0 Å². The first-order chi connectivity index (χ1) is 21.8. The predicted molar refractivity (Wildman–Crippen MR) is 184 cm³/mol. The van der Waals surface area contributed by atoms with Crippen molar-refractivity contribution in [3.05, 3.63) is 152 Å². The second-order valence-electron chi connectivity index (χ2n) is 11.7. The van der Waals surface area contributed by atoms with Crippen LogP contribution in [0.15, 0.2) is 152 Å². The SMILES string of the molecule is c1ccc2c(c1)Oc1cc3c4ccccc4n(-c4ccc5c6ccccc6c6ccccc6c5c4)c3cc1-c1ccccc1-2. The van der Waals surface area contributed by atoms with Crippen molar-refractivity contribution in [3.63, 3.8) is 0 Å². The van der Waals surface area contributed by atoms with Crippen LogP contribution in [-0.4, -0.2) is 4.57 Å². The molecule has 0 fully saturated rings. The first-order valence-corrected chi connectivity index (χ1v) is 15.1. The number of aromatic nitrogens is 1. The van der Waals surface area contributed by atoms with Gasteiger partial charge in [0.15, 0.2) is 0 Å². The Morgan fingerprint density at radius 3 is 1.59 bits per heavy atom. The molecule has 204 valence electrons. The van der Waals surface area contributed by atoms with Crippen molar-refractivity contribution in [1.29, 1.82) is 0 Å². The van der Waals surface area contributed by atoms with Gasteiger partial charge in [0, 0.05) is 27.6 Å².